The summed E-state index contributed by atoms with van der Waals surface area (Å²) in [5.74, 6) is -2.01. The maximum atomic E-state index is 13.3. The van der Waals surface area contributed by atoms with Crippen molar-refractivity contribution in [3.05, 3.63) is 64.0 Å². The fraction of sp³-hybridized carbons (Fsp3) is 0.167. The van der Waals surface area contributed by atoms with Gasteiger partial charge in [-0.05, 0) is 18.2 Å². The molecule has 2 N–H and O–H groups in total. The van der Waals surface area contributed by atoms with Gasteiger partial charge < -0.3 is 9.88 Å². The van der Waals surface area contributed by atoms with Crippen molar-refractivity contribution < 1.29 is 22.9 Å². The zero-order valence-corrected chi connectivity index (χ0v) is 15.5. The third-order valence-corrected chi connectivity index (χ3v) is 4.10. The van der Waals surface area contributed by atoms with Crippen molar-refractivity contribution in [2.45, 2.75) is 12.7 Å². The molecule has 0 saturated carbocycles. The van der Waals surface area contributed by atoms with Gasteiger partial charge in [-0.25, -0.2) is 10.4 Å². The highest BCUT2D eigenvalue weighted by molar-refractivity contribution is 5.85. The van der Waals surface area contributed by atoms with Crippen LogP contribution in [0.1, 0.15) is 11.4 Å². The quantitative estimate of drug-likeness (QED) is 0.361. The summed E-state index contributed by atoms with van der Waals surface area (Å²) in [6.45, 7) is -0.661. The minimum atomic E-state index is -4.74. The van der Waals surface area contributed by atoms with Crippen molar-refractivity contribution in [2.75, 3.05) is 12.4 Å². The van der Waals surface area contributed by atoms with Gasteiger partial charge in [-0.15, -0.1) is 0 Å². The number of amides is 1. The number of carbonyl (C=O) groups is 1. The number of fused-ring (bicyclic) bond motifs is 1. The molecule has 2 aromatic carbocycles. The van der Waals surface area contributed by atoms with Crippen molar-refractivity contribution in [3.8, 4) is 0 Å². The molecule has 0 atom stereocenters. The first kappa shape index (κ1) is 20.8. The largest absolute Gasteiger partial charge is 0.449 e. The number of hydrazone groups is 1. The summed E-state index contributed by atoms with van der Waals surface area (Å²) in [7, 11) is 1.53. The SMILES string of the molecule is CNc1ccc(/C=N\NC(=O)Cn2c(C(F)(F)F)nc3ccccc32)cc1[N+](=O)[O-]. The monoisotopic (exact) mass is 420 g/mol. The molecule has 0 saturated heterocycles. The normalized spacial score (nSPS) is 11.7. The van der Waals surface area contributed by atoms with E-state index in [1.54, 1.807) is 12.1 Å². The number of hydrogen-bond acceptors (Lipinski definition) is 6. The number of anilines is 1. The van der Waals surface area contributed by atoms with Crippen LogP contribution in [-0.4, -0.2) is 33.6 Å². The van der Waals surface area contributed by atoms with Crippen LogP contribution in [-0.2, 0) is 17.5 Å². The number of carbonyl (C=O) groups excluding carboxylic acids is 1. The number of benzene rings is 2. The zero-order chi connectivity index (χ0) is 21.9. The molecule has 12 heteroatoms. The van der Waals surface area contributed by atoms with E-state index < -0.39 is 29.4 Å². The second-order valence-corrected chi connectivity index (χ2v) is 6.08. The van der Waals surface area contributed by atoms with Gasteiger partial charge in [-0.3, -0.25) is 14.9 Å². The molecule has 0 unspecified atom stereocenters. The number of nitrogens with one attached hydrogen (secondary N) is 2. The van der Waals surface area contributed by atoms with Gasteiger partial charge >= 0.3 is 6.18 Å². The minimum absolute atomic E-state index is 0.109. The molecule has 0 fully saturated rings. The van der Waals surface area contributed by atoms with Gasteiger partial charge in [-0.1, -0.05) is 18.2 Å². The summed E-state index contributed by atoms with van der Waals surface area (Å²) in [5.41, 5.74) is 2.82. The minimum Gasteiger partial charge on any atom is -0.383 e. The van der Waals surface area contributed by atoms with Crippen molar-refractivity contribution in [1.29, 1.82) is 0 Å². The first-order valence-corrected chi connectivity index (χ1v) is 8.51. The van der Waals surface area contributed by atoms with Crippen LogP contribution in [0.4, 0.5) is 24.5 Å². The fourth-order valence-corrected chi connectivity index (χ4v) is 2.80. The van der Waals surface area contributed by atoms with Gasteiger partial charge in [-0.2, -0.15) is 18.3 Å². The Morgan fingerprint density at radius 3 is 2.70 bits per heavy atom. The molecule has 0 aliphatic carbocycles. The van der Waals surface area contributed by atoms with Crippen LogP contribution in [0, 0.1) is 10.1 Å². The Balaban J connectivity index is 1.77. The van der Waals surface area contributed by atoms with Crippen LogP contribution in [0.15, 0.2) is 47.6 Å². The van der Waals surface area contributed by atoms with Gasteiger partial charge in [0.25, 0.3) is 11.6 Å². The third-order valence-electron chi connectivity index (χ3n) is 4.10. The number of hydrogen-bond donors (Lipinski definition) is 2. The molecule has 3 aromatic rings. The van der Waals surface area contributed by atoms with E-state index in [2.05, 4.69) is 20.8 Å². The predicted molar refractivity (Wildman–Crippen MR) is 103 cm³/mol. The first-order chi connectivity index (χ1) is 14.2. The zero-order valence-electron chi connectivity index (χ0n) is 15.5. The molecule has 1 amide bonds. The summed E-state index contributed by atoms with van der Waals surface area (Å²) in [4.78, 5) is 26.2. The third kappa shape index (κ3) is 4.37. The van der Waals surface area contributed by atoms with Crippen LogP contribution in [0.25, 0.3) is 11.0 Å². The Morgan fingerprint density at radius 1 is 1.30 bits per heavy atom. The van der Waals surface area contributed by atoms with E-state index in [0.717, 1.165) is 10.8 Å². The number of aromatic nitrogens is 2. The lowest BCUT2D eigenvalue weighted by molar-refractivity contribution is -0.383. The van der Waals surface area contributed by atoms with E-state index in [0.29, 0.717) is 11.3 Å². The number of halogens is 3. The standard InChI is InChI=1S/C18H15F3N6O3/c1-22-12-7-6-11(8-15(12)27(29)30)9-23-25-16(28)10-26-14-5-3-2-4-13(14)24-17(26)18(19,20)21/h2-9,22H,10H2,1H3,(H,25,28)/b23-9-. The van der Waals surface area contributed by atoms with E-state index in [-0.39, 0.29) is 16.7 Å². The summed E-state index contributed by atoms with van der Waals surface area (Å²) < 4.78 is 40.6. The maximum Gasteiger partial charge on any atom is 0.449 e. The number of para-hydroxylation sites is 2. The number of nitro groups is 1. The molecule has 0 radical (unpaired) electrons. The number of nitrogens with zero attached hydrogens (tertiary/aromatic N) is 4. The highest BCUT2D eigenvalue weighted by atomic mass is 19.4. The second-order valence-electron chi connectivity index (χ2n) is 6.08. The van der Waals surface area contributed by atoms with E-state index in [1.807, 2.05) is 0 Å². The van der Waals surface area contributed by atoms with Crippen LogP contribution in [0.3, 0.4) is 0 Å². The Kier molecular flexibility index (Phi) is 5.67. The Labute approximate surface area is 167 Å². The van der Waals surface area contributed by atoms with E-state index in [4.69, 9.17) is 0 Å². The van der Waals surface area contributed by atoms with E-state index >= 15 is 0 Å². The van der Waals surface area contributed by atoms with E-state index in [1.165, 1.54) is 37.4 Å². The van der Waals surface area contributed by atoms with Crippen molar-refractivity contribution in [1.82, 2.24) is 15.0 Å². The van der Waals surface area contributed by atoms with Crippen molar-refractivity contribution in [3.63, 3.8) is 0 Å². The maximum absolute atomic E-state index is 13.3. The Hall–Kier alpha value is -3.96. The van der Waals surface area contributed by atoms with E-state index in [9.17, 15) is 28.1 Å². The lowest BCUT2D eigenvalue weighted by atomic mass is 10.2. The van der Waals surface area contributed by atoms with Crippen molar-refractivity contribution >= 4 is 34.5 Å². The molecular weight excluding hydrogens is 405 g/mol. The number of imidazole rings is 1. The molecule has 3 rings (SSSR count). The highest BCUT2D eigenvalue weighted by Crippen LogP contribution is 2.31. The van der Waals surface area contributed by atoms with Crippen LogP contribution >= 0.6 is 0 Å². The summed E-state index contributed by atoms with van der Waals surface area (Å²) in [6.07, 6.45) is -3.59. The highest BCUT2D eigenvalue weighted by Gasteiger charge is 2.37. The van der Waals surface area contributed by atoms with Gasteiger partial charge in [0.2, 0.25) is 5.82 Å². The molecule has 1 heterocycles. The van der Waals surface area contributed by atoms with Crippen LogP contribution in [0.2, 0.25) is 0 Å². The number of alkyl halides is 3. The van der Waals surface area contributed by atoms with Crippen LogP contribution < -0.4 is 10.7 Å². The van der Waals surface area contributed by atoms with Gasteiger partial charge in [0, 0.05) is 18.7 Å². The molecule has 9 nitrogen and oxygen atoms in total. The number of rotatable bonds is 6. The topological polar surface area (TPSA) is 114 Å². The van der Waals surface area contributed by atoms with Crippen molar-refractivity contribution in [2.24, 2.45) is 5.10 Å². The Morgan fingerprint density at radius 2 is 2.03 bits per heavy atom. The Bertz CT molecular complexity index is 1140. The molecule has 0 spiro atoms. The van der Waals surface area contributed by atoms with Gasteiger partial charge in [0.05, 0.1) is 22.2 Å². The van der Waals surface area contributed by atoms with Gasteiger partial charge in [0.1, 0.15) is 12.2 Å². The summed E-state index contributed by atoms with van der Waals surface area (Å²) in [6, 6.07) is 10.2. The smallest absolute Gasteiger partial charge is 0.383 e. The summed E-state index contributed by atoms with van der Waals surface area (Å²) >= 11 is 0. The molecule has 156 valence electrons. The van der Waals surface area contributed by atoms with Crippen LogP contribution in [0.5, 0.6) is 0 Å². The first-order valence-electron chi connectivity index (χ1n) is 8.51. The average Bonchev–Trinajstić information content (AvgIpc) is 3.07. The predicted octanol–water partition coefficient (Wildman–Crippen LogP) is 3.16. The fourth-order valence-electron chi connectivity index (χ4n) is 2.80. The second kappa shape index (κ2) is 8.19. The number of nitro benzene ring substituents is 1. The molecule has 0 aliphatic heterocycles. The lowest BCUT2D eigenvalue weighted by Gasteiger charge is -2.10. The summed E-state index contributed by atoms with van der Waals surface area (Å²) in [5, 5.41) is 17.4. The average molecular weight is 420 g/mol. The molecule has 0 aliphatic rings. The molecule has 0 bridgehead atoms. The molecule has 30 heavy (non-hydrogen) atoms. The molecule has 1 aromatic heterocycles. The molecular formula is C18H15F3N6O3. The van der Waals surface area contributed by atoms with Gasteiger partial charge in [0.15, 0.2) is 0 Å². The lowest BCUT2D eigenvalue weighted by Crippen LogP contribution is -2.26.